The highest BCUT2D eigenvalue weighted by molar-refractivity contribution is 5.80. The number of piperazine rings is 1. The largest absolute Gasteiger partial charge is 0.484 e. The maximum atomic E-state index is 10.8. The molecule has 0 spiro atoms. The lowest BCUT2D eigenvalue weighted by Gasteiger charge is -2.46. The monoisotopic (exact) mass is 335 g/mol. The third-order valence-electron chi connectivity index (χ3n) is 5.98. The average Bonchev–Trinajstić information content (AvgIpc) is 2.61. The lowest BCUT2D eigenvalue weighted by Crippen LogP contribution is -2.57. The SMILES string of the molecule is COC1=NC=C(N2CCN(C(O)C3CCCCC3)[C@H](C)C2)CC1C. The van der Waals surface area contributed by atoms with Crippen molar-refractivity contribution in [3.63, 3.8) is 0 Å². The summed E-state index contributed by atoms with van der Waals surface area (Å²) in [4.78, 5) is 9.23. The molecule has 1 aliphatic carbocycles. The second-order valence-electron chi connectivity index (χ2n) is 7.74. The second-order valence-corrected chi connectivity index (χ2v) is 7.74. The van der Waals surface area contributed by atoms with Crippen molar-refractivity contribution in [2.24, 2.45) is 16.8 Å². The zero-order valence-corrected chi connectivity index (χ0v) is 15.4. The Morgan fingerprint density at radius 2 is 1.96 bits per heavy atom. The van der Waals surface area contributed by atoms with Crippen LogP contribution in [-0.4, -0.2) is 59.8 Å². The zero-order valence-electron chi connectivity index (χ0n) is 15.4. The molecular formula is C19H33N3O2. The van der Waals surface area contributed by atoms with Crippen molar-refractivity contribution in [3.8, 4) is 0 Å². The van der Waals surface area contributed by atoms with Gasteiger partial charge in [0.05, 0.1) is 7.11 Å². The Kier molecular flexibility index (Phi) is 5.82. The first-order chi connectivity index (χ1) is 11.6. The molecule has 5 nitrogen and oxygen atoms in total. The maximum Gasteiger partial charge on any atom is 0.190 e. The Bertz CT molecular complexity index is 485. The minimum atomic E-state index is -0.264. The number of methoxy groups -OCH3 is 1. The smallest absolute Gasteiger partial charge is 0.190 e. The van der Waals surface area contributed by atoms with Gasteiger partial charge < -0.3 is 14.7 Å². The van der Waals surface area contributed by atoms with Crippen LogP contribution in [0.3, 0.4) is 0 Å². The van der Waals surface area contributed by atoms with Crippen LogP contribution in [0.5, 0.6) is 0 Å². The van der Waals surface area contributed by atoms with Gasteiger partial charge in [0, 0.05) is 49.9 Å². The Hall–Kier alpha value is -1.07. The van der Waals surface area contributed by atoms with Crippen molar-refractivity contribution in [1.82, 2.24) is 9.80 Å². The minimum Gasteiger partial charge on any atom is -0.484 e. The molecule has 1 saturated heterocycles. The molecule has 3 atom stereocenters. The van der Waals surface area contributed by atoms with E-state index in [1.165, 1.54) is 37.8 Å². The number of nitrogens with zero attached hydrogens (tertiary/aromatic N) is 3. The molecule has 0 aromatic rings. The van der Waals surface area contributed by atoms with Gasteiger partial charge in [-0.25, -0.2) is 4.99 Å². The molecule has 2 fully saturated rings. The molecule has 3 rings (SSSR count). The molecule has 136 valence electrons. The summed E-state index contributed by atoms with van der Waals surface area (Å²) in [6, 6.07) is 0.375. The molecule has 1 saturated carbocycles. The Morgan fingerprint density at radius 1 is 1.21 bits per heavy atom. The number of aliphatic hydroxyl groups excluding tert-OH is 1. The summed E-state index contributed by atoms with van der Waals surface area (Å²) in [5.41, 5.74) is 1.31. The number of aliphatic hydroxyl groups is 1. The van der Waals surface area contributed by atoms with Crippen LogP contribution in [0.25, 0.3) is 0 Å². The van der Waals surface area contributed by atoms with Crippen LogP contribution in [-0.2, 0) is 4.74 Å². The molecule has 2 aliphatic heterocycles. The van der Waals surface area contributed by atoms with Gasteiger partial charge >= 0.3 is 0 Å². The molecule has 0 amide bonds. The van der Waals surface area contributed by atoms with Gasteiger partial charge in [-0.05, 0) is 25.7 Å². The number of hydrogen-bond acceptors (Lipinski definition) is 5. The van der Waals surface area contributed by atoms with Crippen LogP contribution in [0.4, 0.5) is 0 Å². The van der Waals surface area contributed by atoms with Gasteiger partial charge in [0.2, 0.25) is 0 Å². The fourth-order valence-electron chi connectivity index (χ4n) is 4.51. The van der Waals surface area contributed by atoms with Gasteiger partial charge in [-0.15, -0.1) is 0 Å². The number of rotatable bonds is 3. The molecule has 5 heteroatoms. The van der Waals surface area contributed by atoms with Gasteiger partial charge in [-0.3, -0.25) is 4.90 Å². The van der Waals surface area contributed by atoms with E-state index in [1.54, 1.807) is 7.11 Å². The highest BCUT2D eigenvalue weighted by Gasteiger charge is 2.34. The second kappa shape index (κ2) is 7.87. The van der Waals surface area contributed by atoms with E-state index in [9.17, 15) is 5.11 Å². The van der Waals surface area contributed by atoms with E-state index in [0.29, 0.717) is 17.9 Å². The highest BCUT2D eigenvalue weighted by atomic mass is 16.5. The number of aliphatic imine (C=N–C) groups is 1. The van der Waals surface area contributed by atoms with E-state index in [4.69, 9.17) is 4.74 Å². The maximum absolute atomic E-state index is 10.8. The fourth-order valence-corrected chi connectivity index (χ4v) is 4.51. The molecule has 1 N–H and O–H groups in total. The number of hydrogen-bond donors (Lipinski definition) is 1. The van der Waals surface area contributed by atoms with E-state index in [1.807, 2.05) is 6.20 Å². The molecule has 0 radical (unpaired) electrons. The summed E-state index contributed by atoms with van der Waals surface area (Å²) < 4.78 is 5.32. The Morgan fingerprint density at radius 3 is 2.58 bits per heavy atom. The van der Waals surface area contributed by atoms with Crippen LogP contribution >= 0.6 is 0 Å². The standard InChI is InChI=1S/C19H33N3O2/c1-14-11-17(12-20-18(14)24-3)21-9-10-22(15(2)13-21)19(23)16-7-5-4-6-8-16/h12,14-16,19,23H,4-11,13H2,1-3H3/t14?,15-,19?/m1/s1. The average molecular weight is 335 g/mol. The van der Waals surface area contributed by atoms with Crippen LogP contribution in [0.15, 0.2) is 16.9 Å². The molecule has 2 heterocycles. The van der Waals surface area contributed by atoms with Crippen LogP contribution in [0.1, 0.15) is 52.4 Å². The van der Waals surface area contributed by atoms with E-state index >= 15 is 0 Å². The number of allylic oxidation sites excluding steroid dienone is 1. The summed E-state index contributed by atoms with van der Waals surface area (Å²) in [6.07, 6.45) is 8.96. The van der Waals surface area contributed by atoms with Crippen LogP contribution in [0.2, 0.25) is 0 Å². The predicted molar refractivity (Wildman–Crippen MR) is 96.6 cm³/mol. The van der Waals surface area contributed by atoms with Crippen molar-refractivity contribution in [2.45, 2.75) is 64.6 Å². The molecule has 0 aromatic carbocycles. The van der Waals surface area contributed by atoms with E-state index in [2.05, 4.69) is 28.6 Å². The zero-order chi connectivity index (χ0) is 17.1. The quantitative estimate of drug-likeness (QED) is 0.861. The van der Waals surface area contributed by atoms with E-state index in [-0.39, 0.29) is 6.23 Å². The predicted octanol–water partition coefficient (Wildman–Crippen LogP) is 2.82. The van der Waals surface area contributed by atoms with Crippen molar-refractivity contribution in [3.05, 3.63) is 11.9 Å². The summed E-state index contributed by atoms with van der Waals surface area (Å²) in [5, 5.41) is 10.8. The lowest BCUT2D eigenvalue weighted by atomic mass is 9.87. The van der Waals surface area contributed by atoms with Crippen molar-refractivity contribution >= 4 is 5.90 Å². The number of ether oxygens (including phenoxy) is 1. The summed E-state index contributed by atoms with van der Waals surface area (Å²) in [6.45, 7) is 7.30. The first kappa shape index (κ1) is 17.7. The molecule has 3 aliphatic rings. The van der Waals surface area contributed by atoms with Crippen LogP contribution in [0, 0.1) is 11.8 Å². The molecule has 0 bridgehead atoms. The first-order valence-corrected chi connectivity index (χ1v) is 9.59. The van der Waals surface area contributed by atoms with E-state index < -0.39 is 0 Å². The normalized spacial score (nSPS) is 31.4. The van der Waals surface area contributed by atoms with Crippen molar-refractivity contribution in [1.29, 1.82) is 0 Å². The summed E-state index contributed by atoms with van der Waals surface area (Å²) >= 11 is 0. The highest BCUT2D eigenvalue weighted by Crippen LogP contribution is 2.31. The van der Waals surface area contributed by atoms with E-state index in [0.717, 1.165) is 32.0 Å². The molecule has 0 aromatic heterocycles. The third kappa shape index (κ3) is 3.77. The van der Waals surface area contributed by atoms with Gasteiger partial charge in [0.1, 0.15) is 6.23 Å². The van der Waals surface area contributed by atoms with Gasteiger partial charge in [-0.2, -0.15) is 0 Å². The first-order valence-electron chi connectivity index (χ1n) is 9.59. The molecule has 24 heavy (non-hydrogen) atoms. The van der Waals surface area contributed by atoms with Gasteiger partial charge in [0.15, 0.2) is 5.90 Å². The summed E-state index contributed by atoms with van der Waals surface area (Å²) in [7, 11) is 1.70. The van der Waals surface area contributed by atoms with Crippen LogP contribution < -0.4 is 0 Å². The Labute approximate surface area is 146 Å². The van der Waals surface area contributed by atoms with Gasteiger partial charge in [0.25, 0.3) is 0 Å². The lowest BCUT2D eigenvalue weighted by molar-refractivity contribution is -0.0893. The fraction of sp³-hybridized carbons (Fsp3) is 0.842. The van der Waals surface area contributed by atoms with Crippen molar-refractivity contribution < 1.29 is 9.84 Å². The topological polar surface area (TPSA) is 48.3 Å². The Balaban J connectivity index is 1.59. The third-order valence-corrected chi connectivity index (χ3v) is 5.98. The summed E-state index contributed by atoms with van der Waals surface area (Å²) in [5.74, 6) is 1.64. The molecule has 2 unspecified atom stereocenters. The van der Waals surface area contributed by atoms with Gasteiger partial charge in [-0.1, -0.05) is 26.2 Å². The molecular weight excluding hydrogens is 302 g/mol. The minimum absolute atomic E-state index is 0.264. The van der Waals surface area contributed by atoms with Crippen molar-refractivity contribution in [2.75, 3.05) is 26.7 Å².